The standard InChI is InChI=1S/C85H72B2N2O2/c1-81(2,3)51-31-33-68-58(39-51)60-41-53(83(7,8)9)43-66-78(60)88(68)70-35-49(47-23-15-13-16-24-47)37-73-76(70)86(66)65-45-57-55-27-19-21-29-62(55)85(64(57)46-72(65)90-73)63-30-22-20-28-56(63)75-80(85)91-74-38-50(48-25-17-14-18-26-48)36-71-77(74)87(75)67-44-54(84(10,11)12)42-61-59-40-52(82(4,5)6)32-34-69(59)89(71)79(61)67/h13-46,75,80H,1-12H3. The van der Waals surface area contributed by atoms with E-state index in [0.717, 1.165) is 33.9 Å². The molecule has 13 aromatic rings. The van der Waals surface area contributed by atoms with E-state index >= 15 is 0 Å². The van der Waals surface area contributed by atoms with Crippen molar-refractivity contribution in [2.24, 2.45) is 0 Å². The Morgan fingerprint density at radius 1 is 0.374 bits per heavy atom. The van der Waals surface area contributed by atoms with Crippen LogP contribution in [0.2, 0.25) is 0 Å². The first-order valence-electron chi connectivity index (χ1n) is 33.1. The van der Waals surface area contributed by atoms with Crippen molar-refractivity contribution >= 4 is 84.4 Å². The molecule has 3 unspecified atom stereocenters. The summed E-state index contributed by atoms with van der Waals surface area (Å²) >= 11 is 0. The molecule has 0 bridgehead atoms. The van der Waals surface area contributed by atoms with Gasteiger partial charge in [-0.25, -0.2) is 0 Å². The van der Waals surface area contributed by atoms with Crippen molar-refractivity contribution in [3.8, 4) is 62.0 Å². The topological polar surface area (TPSA) is 28.3 Å². The number of hydrogen-bond donors (Lipinski definition) is 0. The minimum atomic E-state index is -0.723. The lowest BCUT2D eigenvalue weighted by Gasteiger charge is -2.45. The maximum Gasteiger partial charge on any atom is 0.256 e. The van der Waals surface area contributed by atoms with E-state index in [2.05, 4.69) is 298 Å². The Hall–Kier alpha value is -9.25. The quantitative estimate of drug-likeness (QED) is 0.161. The molecule has 1 spiro atoms. The number of hydrogen-bond acceptors (Lipinski definition) is 2. The third-order valence-corrected chi connectivity index (χ3v) is 22.3. The molecule has 2 aliphatic carbocycles. The van der Waals surface area contributed by atoms with Gasteiger partial charge in [0.1, 0.15) is 23.4 Å². The molecule has 3 atom stereocenters. The molecule has 6 aliphatic rings. The van der Waals surface area contributed by atoms with Gasteiger partial charge in [0.2, 0.25) is 6.71 Å². The second kappa shape index (κ2) is 17.6. The molecule has 4 nitrogen and oxygen atoms in total. The van der Waals surface area contributed by atoms with E-state index in [1.807, 2.05) is 0 Å². The molecule has 0 radical (unpaired) electrons. The highest BCUT2D eigenvalue weighted by Crippen LogP contribution is 2.65. The third kappa shape index (κ3) is 7.04. The van der Waals surface area contributed by atoms with Gasteiger partial charge in [0, 0.05) is 49.8 Å². The van der Waals surface area contributed by atoms with E-state index in [1.165, 1.54) is 143 Å². The summed E-state index contributed by atoms with van der Waals surface area (Å²) in [5.74, 6) is 2.74. The van der Waals surface area contributed by atoms with Crippen LogP contribution in [0.15, 0.2) is 206 Å². The van der Waals surface area contributed by atoms with E-state index in [4.69, 9.17) is 9.47 Å². The minimum absolute atomic E-state index is 0.0245. The fraction of sp³-hybridized carbons (Fsp3) is 0.224. The summed E-state index contributed by atoms with van der Waals surface area (Å²) in [5.41, 5.74) is 30.6. The second-order valence-corrected chi connectivity index (χ2v) is 31.6. The van der Waals surface area contributed by atoms with Gasteiger partial charge in [0.05, 0.1) is 16.4 Å². The first kappa shape index (κ1) is 53.6. The highest BCUT2D eigenvalue weighted by atomic mass is 16.5. The van der Waals surface area contributed by atoms with E-state index in [9.17, 15) is 0 Å². The van der Waals surface area contributed by atoms with Gasteiger partial charge >= 0.3 is 0 Å². The second-order valence-electron chi connectivity index (χ2n) is 31.6. The van der Waals surface area contributed by atoms with E-state index in [-0.39, 0.29) is 47.0 Å². The van der Waals surface area contributed by atoms with Gasteiger partial charge in [-0.15, -0.1) is 0 Å². The summed E-state index contributed by atoms with van der Waals surface area (Å²) in [6.07, 6.45) is -0.336. The Bertz CT molecular complexity index is 5430. The van der Waals surface area contributed by atoms with Gasteiger partial charge in [0.25, 0.3) is 6.71 Å². The zero-order chi connectivity index (χ0) is 61.9. The molecule has 0 saturated heterocycles. The van der Waals surface area contributed by atoms with Gasteiger partial charge < -0.3 is 18.6 Å². The smallest absolute Gasteiger partial charge is 0.256 e. The Morgan fingerprint density at radius 3 is 1.47 bits per heavy atom. The van der Waals surface area contributed by atoms with Gasteiger partial charge in [-0.3, -0.25) is 0 Å². The van der Waals surface area contributed by atoms with E-state index in [1.54, 1.807) is 0 Å². The Morgan fingerprint density at radius 2 is 0.879 bits per heavy atom. The van der Waals surface area contributed by atoms with Crippen molar-refractivity contribution < 1.29 is 9.47 Å². The predicted octanol–water partition coefficient (Wildman–Crippen LogP) is 17.7. The molecule has 11 aromatic carbocycles. The lowest BCUT2D eigenvalue weighted by Crippen LogP contribution is -2.61. The first-order chi connectivity index (χ1) is 43.6. The average molecular weight is 1180 g/mol. The molecule has 0 amide bonds. The zero-order valence-electron chi connectivity index (χ0n) is 54.2. The van der Waals surface area contributed by atoms with Crippen molar-refractivity contribution in [2.75, 3.05) is 0 Å². The van der Waals surface area contributed by atoms with Gasteiger partial charge in [-0.05, 0) is 194 Å². The molecule has 0 fully saturated rings. The lowest BCUT2D eigenvalue weighted by molar-refractivity contribution is 0.155. The predicted molar refractivity (Wildman–Crippen MR) is 382 cm³/mol. The number of nitrogens with zero attached hydrogens (tertiary/aromatic N) is 2. The highest BCUT2D eigenvalue weighted by Gasteiger charge is 2.65. The number of ether oxygens (including phenoxy) is 2. The fourth-order valence-electron chi connectivity index (χ4n) is 17.9. The molecule has 4 aliphatic heterocycles. The summed E-state index contributed by atoms with van der Waals surface area (Å²) in [5, 5.41) is 5.24. The summed E-state index contributed by atoms with van der Waals surface area (Å²) in [6.45, 7) is 28.2. The van der Waals surface area contributed by atoms with Crippen LogP contribution in [0.1, 0.15) is 133 Å². The Labute approximate surface area is 534 Å². The number of fused-ring (bicyclic) bond motifs is 23. The highest BCUT2D eigenvalue weighted by molar-refractivity contribution is 6.99. The van der Waals surface area contributed by atoms with Crippen LogP contribution in [0.25, 0.3) is 88.4 Å². The monoisotopic (exact) mass is 1170 g/mol. The third-order valence-electron chi connectivity index (χ3n) is 22.3. The largest absolute Gasteiger partial charge is 0.489 e. The van der Waals surface area contributed by atoms with Gasteiger partial charge in [-0.2, -0.15) is 0 Å². The maximum absolute atomic E-state index is 8.32. The van der Waals surface area contributed by atoms with Crippen LogP contribution in [0.3, 0.4) is 0 Å². The van der Waals surface area contributed by atoms with E-state index < -0.39 is 5.41 Å². The molecule has 440 valence electrons. The van der Waals surface area contributed by atoms with Crippen molar-refractivity contribution in [3.05, 3.63) is 251 Å². The summed E-state index contributed by atoms with van der Waals surface area (Å²) in [4.78, 5) is 0. The summed E-state index contributed by atoms with van der Waals surface area (Å²) in [6, 6.07) is 80.2. The number of aromatic nitrogens is 2. The van der Waals surface area contributed by atoms with Crippen LogP contribution in [0.5, 0.6) is 17.2 Å². The summed E-state index contributed by atoms with van der Waals surface area (Å²) in [7, 11) is 0. The maximum atomic E-state index is 8.32. The first-order valence-corrected chi connectivity index (χ1v) is 33.1. The Kier molecular flexibility index (Phi) is 10.4. The minimum Gasteiger partial charge on any atom is -0.489 e. The lowest BCUT2D eigenvalue weighted by atomic mass is 9.29. The molecule has 6 heteroatoms. The van der Waals surface area contributed by atoms with Crippen LogP contribution in [-0.4, -0.2) is 28.7 Å². The van der Waals surface area contributed by atoms with Crippen molar-refractivity contribution in [1.29, 1.82) is 0 Å². The molecular formula is C85H72B2N2O2. The Balaban J connectivity index is 0.896. The van der Waals surface area contributed by atoms with Crippen LogP contribution >= 0.6 is 0 Å². The molecule has 0 saturated carbocycles. The molecule has 19 rings (SSSR count). The van der Waals surface area contributed by atoms with Gasteiger partial charge in [0.15, 0.2) is 0 Å². The molecule has 91 heavy (non-hydrogen) atoms. The fourth-order valence-corrected chi connectivity index (χ4v) is 17.9. The SMILES string of the molecule is CC(C)(C)c1ccc2c(c1)c1cc(C(C)(C)C)cc3c1n2-c1cc(-c2ccccc2)cc2c1B3c1cc3c(cc1O2)C1(c2ccccc2-3)c2ccccc2C2B3c4c(cc(-c5ccccc5)cc4-n4c5ccc(C(C)(C)C)cc5c5cc(C(C)(C)C)cc3c54)OC21. The number of benzene rings is 11. The molecule has 2 aromatic heterocycles. The average Bonchev–Trinajstić information content (AvgIpc) is 1.49. The molecule has 0 N–H and O–H groups in total. The van der Waals surface area contributed by atoms with Crippen molar-refractivity contribution in [2.45, 2.75) is 122 Å². The number of rotatable bonds is 2. The molecule has 6 heterocycles. The zero-order valence-corrected chi connectivity index (χ0v) is 54.2. The van der Waals surface area contributed by atoms with Crippen LogP contribution in [-0.2, 0) is 27.1 Å². The van der Waals surface area contributed by atoms with Crippen LogP contribution in [0.4, 0.5) is 0 Å². The van der Waals surface area contributed by atoms with Gasteiger partial charge in [-0.1, -0.05) is 223 Å². The van der Waals surface area contributed by atoms with Crippen LogP contribution in [0, 0.1) is 0 Å². The molecular weight excluding hydrogens is 1100 g/mol. The van der Waals surface area contributed by atoms with Crippen molar-refractivity contribution in [3.63, 3.8) is 0 Å². The van der Waals surface area contributed by atoms with Crippen molar-refractivity contribution in [1.82, 2.24) is 9.13 Å². The normalized spacial score (nSPS) is 17.8. The summed E-state index contributed by atoms with van der Waals surface area (Å²) < 4.78 is 21.3. The van der Waals surface area contributed by atoms with E-state index in [0.29, 0.717) is 0 Å². The van der Waals surface area contributed by atoms with Crippen LogP contribution < -0.4 is 36.8 Å².